The third-order valence-electron chi connectivity index (χ3n) is 5.65. The number of methoxy groups -OCH3 is 1. The molecule has 1 atom stereocenters. The Bertz CT molecular complexity index is 1330. The number of hydrogen-bond donors (Lipinski definition) is 0. The van der Waals surface area contributed by atoms with Gasteiger partial charge in [0.25, 0.3) is 5.56 Å². The second kappa shape index (κ2) is 9.32. The van der Waals surface area contributed by atoms with Crippen molar-refractivity contribution in [3.8, 4) is 11.4 Å². The van der Waals surface area contributed by atoms with Gasteiger partial charge in [-0.25, -0.2) is 4.98 Å². The number of hydrogen-bond acceptors (Lipinski definition) is 5. The molecule has 0 bridgehead atoms. The lowest BCUT2D eigenvalue weighted by Gasteiger charge is -2.31. The van der Waals surface area contributed by atoms with Gasteiger partial charge in [-0.15, -0.1) is 0 Å². The summed E-state index contributed by atoms with van der Waals surface area (Å²) in [6.07, 6.45) is 1.58. The third kappa shape index (κ3) is 4.26. The molecule has 0 saturated carbocycles. The molecule has 0 aliphatic rings. The van der Waals surface area contributed by atoms with Crippen molar-refractivity contribution in [1.82, 2.24) is 14.5 Å². The van der Waals surface area contributed by atoms with Crippen LogP contribution in [0.3, 0.4) is 0 Å². The first-order chi connectivity index (χ1) is 15.9. The Morgan fingerprint density at radius 2 is 1.79 bits per heavy atom. The highest BCUT2D eigenvalue weighted by atomic mass is 16.5. The molecule has 0 aliphatic heterocycles. The Balaban J connectivity index is 1.96. The van der Waals surface area contributed by atoms with Gasteiger partial charge in [-0.2, -0.15) is 0 Å². The van der Waals surface area contributed by atoms with Gasteiger partial charge in [0.15, 0.2) is 0 Å². The minimum absolute atomic E-state index is 0.0621. The second-order valence-corrected chi connectivity index (χ2v) is 8.18. The summed E-state index contributed by atoms with van der Waals surface area (Å²) in [5.41, 5.74) is 0.924. The summed E-state index contributed by atoms with van der Waals surface area (Å²) in [6.45, 7) is 5.85. The number of nitrogens with zero attached hydrogens (tertiary/aromatic N) is 3. The minimum atomic E-state index is -0.521. The first-order valence-electron chi connectivity index (χ1n) is 10.9. The van der Waals surface area contributed by atoms with E-state index in [4.69, 9.17) is 14.1 Å². The topological polar surface area (TPSA) is 77.6 Å². The molecule has 0 N–H and O–H groups in total. The molecule has 7 nitrogen and oxygen atoms in total. The minimum Gasteiger partial charge on any atom is -0.495 e. The molecule has 2 aromatic carbocycles. The van der Waals surface area contributed by atoms with Crippen molar-refractivity contribution < 1.29 is 13.9 Å². The quantitative estimate of drug-likeness (QED) is 0.411. The Labute approximate surface area is 192 Å². The highest BCUT2D eigenvalue weighted by Crippen LogP contribution is 2.29. The SMILES string of the molecule is COc1ccccc1-n1c(C(C)N(Cc2ccco2)C(=O)C(C)C)nc2ccccc2c1=O. The maximum absolute atomic E-state index is 13.7. The van der Waals surface area contributed by atoms with E-state index in [2.05, 4.69) is 0 Å². The highest BCUT2D eigenvalue weighted by Gasteiger charge is 2.29. The van der Waals surface area contributed by atoms with E-state index in [1.54, 1.807) is 47.1 Å². The van der Waals surface area contributed by atoms with Crippen molar-refractivity contribution in [2.45, 2.75) is 33.4 Å². The molecule has 1 unspecified atom stereocenters. The Morgan fingerprint density at radius 1 is 1.06 bits per heavy atom. The van der Waals surface area contributed by atoms with Crippen molar-refractivity contribution in [3.63, 3.8) is 0 Å². The molecule has 0 fully saturated rings. The Hall–Kier alpha value is -3.87. The summed E-state index contributed by atoms with van der Waals surface area (Å²) < 4.78 is 12.6. The number of carbonyl (C=O) groups is 1. The van der Waals surface area contributed by atoms with E-state index >= 15 is 0 Å². The van der Waals surface area contributed by atoms with Gasteiger partial charge < -0.3 is 14.1 Å². The number of amides is 1. The van der Waals surface area contributed by atoms with E-state index in [-0.39, 0.29) is 23.9 Å². The van der Waals surface area contributed by atoms with Crippen LogP contribution in [0.5, 0.6) is 5.75 Å². The molecule has 1 amide bonds. The van der Waals surface area contributed by atoms with Crippen LogP contribution in [0.1, 0.15) is 38.4 Å². The van der Waals surface area contributed by atoms with Crippen LogP contribution in [-0.2, 0) is 11.3 Å². The average Bonchev–Trinajstić information content (AvgIpc) is 3.35. The van der Waals surface area contributed by atoms with E-state index in [0.29, 0.717) is 33.9 Å². The third-order valence-corrected chi connectivity index (χ3v) is 5.65. The molecule has 33 heavy (non-hydrogen) atoms. The van der Waals surface area contributed by atoms with Crippen molar-refractivity contribution in [3.05, 3.63) is 88.9 Å². The van der Waals surface area contributed by atoms with E-state index in [1.807, 2.05) is 57.2 Å². The van der Waals surface area contributed by atoms with Crippen LogP contribution in [0.15, 0.2) is 76.1 Å². The Morgan fingerprint density at radius 3 is 2.48 bits per heavy atom. The van der Waals surface area contributed by atoms with E-state index in [1.165, 1.54) is 0 Å². The van der Waals surface area contributed by atoms with Crippen LogP contribution >= 0.6 is 0 Å². The number of rotatable bonds is 7. The van der Waals surface area contributed by atoms with Gasteiger partial charge >= 0.3 is 0 Å². The summed E-state index contributed by atoms with van der Waals surface area (Å²) in [7, 11) is 1.56. The van der Waals surface area contributed by atoms with Gasteiger partial charge in [-0.05, 0) is 43.3 Å². The van der Waals surface area contributed by atoms with Gasteiger partial charge in [0.1, 0.15) is 17.3 Å². The molecule has 2 aromatic heterocycles. The molecule has 0 radical (unpaired) electrons. The zero-order valence-electron chi connectivity index (χ0n) is 19.2. The fourth-order valence-corrected chi connectivity index (χ4v) is 3.92. The molecule has 0 saturated heterocycles. The summed E-state index contributed by atoms with van der Waals surface area (Å²) in [5, 5.41) is 0.493. The molecule has 4 rings (SSSR count). The summed E-state index contributed by atoms with van der Waals surface area (Å²) in [5.74, 6) is 1.34. The summed E-state index contributed by atoms with van der Waals surface area (Å²) in [4.78, 5) is 33.5. The second-order valence-electron chi connectivity index (χ2n) is 8.18. The summed E-state index contributed by atoms with van der Waals surface area (Å²) >= 11 is 0. The van der Waals surface area contributed by atoms with Crippen molar-refractivity contribution in [2.24, 2.45) is 5.92 Å². The number of fused-ring (bicyclic) bond motifs is 1. The lowest BCUT2D eigenvalue weighted by molar-refractivity contribution is -0.137. The number of aromatic nitrogens is 2. The van der Waals surface area contributed by atoms with Gasteiger partial charge in [-0.3, -0.25) is 14.2 Å². The highest BCUT2D eigenvalue weighted by molar-refractivity contribution is 5.80. The zero-order chi connectivity index (χ0) is 23.5. The maximum atomic E-state index is 13.7. The van der Waals surface area contributed by atoms with E-state index in [0.717, 1.165) is 0 Å². The predicted octanol–water partition coefficient (Wildman–Crippen LogP) is 4.73. The number of ether oxygens (including phenoxy) is 1. The van der Waals surface area contributed by atoms with Gasteiger partial charge in [0.05, 0.1) is 42.5 Å². The normalized spacial score (nSPS) is 12.2. The number of para-hydroxylation sites is 3. The molecular formula is C26H27N3O4. The monoisotopic (exact) mass is 445 g/mol. The summed E-state index contributed by atoms with van der Waals surface area (Å²) in [6, 6.07) is 17.6. The van der Waals surface area contributed by atoms with Gasteiger partial charge in [0, 0.05) is 5.92 Å². The van der Waals surface area contributed by atoms with Crippen LogP contribution in [0.25, 0.3) is 16.6 Å². The van der Waals surface area contributed by atoms with Crippen molar-refractivity contribution in [1.29, 1.82) is 0 Å². The van der Waals surface area contributed by atoms with Crippen molar-refractivity contribution in [2.75, 3.05) is 7.11 Å². The number of benzene rings is 2. The maximum Gasteiger partial charge on any atom is 0.266 e. The number of furan rings is 1. The smallest absolute Gasteiger partial charge is 0.266 e. The first-order valence-corrected chi connectivity index (χ1v) is 10.9. The predicted molar refractivity (Wildman–Crippen MR) is 126 cm³/mol. The Kier molecular flexibility index (Phi) is 6.31. The molecule has 7 heteroatoms. The lowest BCUT2D eigenvalue weighted by Crippen LogP contribution is -2.39. The van der Waals surface area contributed by atoms with Crippen LogP contribution in [0.4, 0.5) is 0 Å². The van der Waals surface area contributed by atoms with E-state index < -0.39 is 6.04 Å². The van der Waals surface area contributed by atoms with Gasteiger partial charge in [0.2, 0.25) is 5.91 Å². The van der Waals surface area contributed by atoms with E-state index in [9.17, 15) is 9.59 Å². The molecule has 0 aliphatic carbocycles. The standard InChI is InChI=1S/C26H27N3O4/c1-17(2)25(30)28(16-19-10-9-15-33-19)18(3)24-27-21-12-6-5-11-20(21)26(31)29(24)22-13-7-8-14-23(22)32-4/h5-15,17-18H,16H2,1-4H3. The number of carbonyl (C=O) groups excluding carboxylic acids is 1. The molecular weight excluding hydrogens is 418 g/mol. The fourth-order valence-electron chi connectivity index (χ4n) is 3.92. The average molecular weight is 446 g/mol. The van der Waals surface area contributed by atoms with Crippen LogP contribution in [0, 0.1) is 5.92 Å². The molecule has 170 valence electrons. The van der Waals surface area contributed by atoms with Crippen LogP contribution in [0.2, 0.25) is 0 Å². The lowest BCUT2D eigenvalue weighted by atomic mass is 10.1. The zero-order valence-corrected chi connectivity index (χ0v) is 19.2. The molecule has 0 spiro atoms. The fraction of sp³-hybridized carbons (Fsp3) is 0.269. The van der Waals surface area contributed by atoms with Crippen LogP contribution in [-0.4, -0.2) is 27.5 Å². The largest absolute Gasteiger partial charge is 0.495 e. The molecule has 4 aromatic rings. The molecule has 2 heterocycles. The van der Waals surface area contributed by atoms with Crippen LogP contribution < -0.4 is 10.3 Å². The van der Waals surface area contributed by atoms with Gasteiger partial charge in [-0.1, -0.05) is 38.1 Å². The van der Waals surface area contributed by atoms with Crippen molar-refractivity contribution >= 4 is 16.8 Å². The first kappa shape index (κ1) is 22.3.